The van der Waals surface area contributed by atoms with Crippen LogP contribution in [0.3, 0.4) is 0 Å². The number of aryl methyl sites for hydroxylation is 1. The molecule has 18 heavy (non-hydrogen) atoms. The van der Waals surface area contributed by atoms with Crippen LogP contribution in [0.25, 0.3) is 0 Å². The van der Waals surface area contributed by atoms with Crippen LogP contribution >= 0.6 is 0 Å². The third-order valence-electron chi connectivity index (χ3n) is 3.19. The van der Waals surface area contributed by atoms with Crippen LogP contribution < -0.4 is 5.73 Å². The Kier molecular flexibility index (Phi) is 3.18. The quantitative estimate of drug-likeness (QED) is 0.863. The molecule has 2 aromatic rings. The van der Waals surface area contributed by atoms with E-state index in [9.17, 15) is 8.78 Å². The molecule has 0 aliphatic heterocycles. The molecule has 94 valence electrons. The van der Waals surface area contributed by atoms with Gasteiger partial charge in [0.25, 0.3) is 0 Å². The molecular formula is C15H15F2N. The van der Waals surface area contributed by atoms with Gasteiger partial charge in [-0.3, -0.25) is 0 Å². The van der Waals surface area contributed by atoms with Crippen LogP contribution in [0.4, 0.5) is 8.78 Å². The Morgan fingerprint density at radius 2 is 1.67 bits per heavy atom. The first-order valence-corrected chi connectivity index (χ1v) is 5.73. The van der Waals surface area contributed by atoms with Crippen molar-refractivity contribution in [2.45, 2.75) is 19.4 Å². The maximum Gasteiger partial charge on any atom is 0.128 e. The van der Waals surface area contributed by atoms with E-state index >= 15 is 0 Å². The van der Waals surface area contributed by atoms with Gasteiger partial charge in [0, 0.05) is 5.56 Å². The summed E-state index contributed by atoms with van der Waals surface area (Å²) < 4.78 is 27.2. The molecule has 0 spiro atoms. The van der Waals surface area contributed by atoms with Crippen LogP contribution in [0.15, 0.2) is 42.5 Å². The van der Waals surface area contributed by atoms with E-state index < -0.39 is 5.54 Å². The predicted octanol–water partition coefficient (Wildman–Crippen LogP) is 3.50. The summed E-state index contributed by atoms with van der Waals surface area (Å²) in [5.74, 6) is -0.755. The lowest BCUT2D eigenvalue weighted by molar-refractivity contribution is 0.524. The van der Waals surface area contributed by atoms with Gasteiger partial charge in [-0.25, -0.2) is 8.78 Å². The molecule has 0 saturated carbocycles. The highest BCUT2D eigenvalue weighted by Crippen LogP contribution is 2.30. The molecule has 0 aliphatic rings. The minimum atomic E-state index is -1.06. The molecule has 0 radical (unpaired) electrons. The fraction of sp³-hybridized carbons (Fsp3) is 0.200. The molecule has 1 unspecified atom stereocenters. The SMILES string of the molecule is Cc1ccc(F)cc1C(C)(N)c1ccccc1F. The number of hydrogen-bond acceptors (Lipinski definition) is 1. The summed E-state index contributed by atoms with van der Waals surface area (Å²) >= 11 is 0. The summed E-state index contributed by atoms with van der Waals surface area (Å²) in [6.07, 6.45) is 0. The average Bonchev–Trinajstić information content (AvgIpc) is 2.32. The Morgan fingerprint density at radius 3 is 2.33 bits per heavy atom. The van der Waals surface area contributed by atoms with Crippen LogP contribution in [0.2, 0.25) is 0 Å². The molecule has 1 nitrogen and oxygen atoms in total. The van der Waals surface area contributed by atoms with Gasteiger partial charge in [0.05, 0.1) is 5.54 Å². The van der Waals surface area contributed by atoms with Gasteiger partial charge in [-0.05, 0) is 43.2 Å². The van der Waals surface area contributed by atoms with E-state index in [0.717, 1.165) is 5.56 Å². The largest absolute Gasteiger partial charge is 0.318 e. The van der Waals surface area contributed by atoms with Crippen LogP contribution in [0.5, 0.6) is 0 Å². The fourth-order valence-corrected chi connectivity index (χ4v) is 2.18. The highest BCUT2D eigenvalue weighted by atomic mass is 19.1. The number of hydrogen-bond donors (Lipinski definition) is 1. The van der Waals surface area contributed by atoms with Crippen LogP contribution in [0.1, 0.15) is 23.6 Å². The molecule has 0 amide bonds. The number of halogens is 2. The van der Waals surface area contributed by atoms with E-state index in [4.69, 9.17) is 5.73 Å². The lowest BCUT2D eigenvalue weighted by Gasteiger charge is -2.28. The zero-order valence-electron chi connectivity index (χ0n) is 10.4. The molecule has 3 heteroatoms. The first-order valence-electron chi connectivity index (χ1n) is 5.73. The summed E-state index contributed by atoms with van der Waals surface area (Å²) in [6, 6.07) is 10.7. The Hall–Kier alpha value is -1.74. The highest BCUT2D eigenvalue weighted by molar-refractivity contribution is 5.42. The van der Waals surface area contributed by atoms with Crippen molar-refractivity contribution in [2.75, 3.05) is 0 Å². The lowest BCUT2D eigenvalue weighted by Crippen LogP contribution is -2.36. The van der Waals surface area contributed by atoms with Crippen molar-refractivity contribution in [3.63, 3.8) is 0 Å². The summed E-state index contributed by atoms with van der Waals surface area (Å²) in [6.45, 7) is 3.52. The molecule has 2 aromatic carbocycles. The van der Waals surface area contributed by atoms with Gasteiger partial charge in [-0.2, -0.15) is 0 Å². The maximum atomic E-state index is 13.8. The Labute approximate surface area is 105 Å². The minimum Gasteiger partial charge on any atom is -0.318 e. The summed E-state index contributed by atoms with van der Waals surface area (Å²) in [7, 11) is 0. The van der Waals surface area contributed by atoms with Gasteiger partial charge in [0.1, 0.15) is 11.6 Å². The van der Waals surface area contributed by atoms with Crippen LogP contribution in [0, 0.1) is 18.6 Å². The van der Waals surface area contributed by atoms with Gasteiger partial charge in [-0.15, -0.1) is 0 Å². The highest BCUT2D eigenvalue weighted by Gasteiger charge is 2.28. The molecule has 0 saturated heterocycles. The number of rotatable bonds is 2. The third kappa shape index (κ3) is 2.14. The van der Waals surface area contributed by atoms with E-state index in [0.29, 0.717) is 11.1 Å². The Balaban J connectivity index is 2.61. The molecule has 2 rings (SSSR count). The minimum absolute atomic E-state index is 0.360. The zero-order valence-corrected chi connectivity index (χ0v) is 10.4. The monoisotopic (exact) mass is 247 g/mol. The topological polar surface area (TPSA) is 26.0 Å². The smallest absolute Gasteiger partial charge is 0.128 e. The van der Waals surface area contributed by atoms with E-state index in [1.165, 1.54) is 18.2 Å². The summed E-state index contributed by atoms with van der Waals surface area (Å²) in [5, 5.41) is 0. The first kappa shape index (κ1) is 12.7. The van der Waals surface area contributed by atoms with Gasteiger partial charge in [-0.1, -0.05) is 24.3 Å². The van der Waals surface area contributed by atoms with Crippen LogP contribution in [-0.2, 0) is 5.54 Å². The van der Waals surface area contributed by atoms with Gasteiger partial charge in [0.2, 0.25) is 0 Å². The van der Waals surface area contributed by atoms with Crippen molar-refractivity contribution in [1.82, 2.24) is 0 Å². The Morgan fingerprint density at radius 1 is 1.00 bits per heavy atom. The molecule has 0 bridgehead atoms. The third-order valence-corrected chi connectivity index (χ3v) is 3.19. The second-order valence-electron chi connectivity index (χ2n) is 4.64. The summed E-state index contributed by atoms with van der Waals surface area (Å²) in [4.78, 5) is 0. The fourth-order valence-electron chi connectivity index (χ4n) is 2.18. The van der Waals surface area contributed by atoms with E-state index in [1.54, 1.807) is 31.2 Å². The molecule has 0 heterocycles. The van der Waals surface area contributed by atoms with Crippen molar-refractivity contribution < 1.29 is 8.78 Å². The molecule has 2 N–H and O–H groups in total. The normalized spacial score (nSPS) is 14.3. The van der Waals surface area contributed by atoms with Crippen molar-refractivity contribution in [3.05, 3.63) is 70.8 Å². The average molecular weight is 247 g/mol. The van der Waals surface area contributed by atoms with Crippen molar-refractivity contribution in [1.29, 1.82) is 0 Å². The second-order valence-corrected chi connectivity index (χ2v) is 4.64. The van der Waals surface area contributed by atoms with E-state index in [-0.39, 0.29) is 11.6 Å². The van der Waals surface area contributed by atoms with Gasteiger partial charge < -0.3 is 5.73 Å². The van der Waals surface area contributed by atoms with E-state index in [1.807, 2.05) is 6.92 Å². The van der Waals surface area contributed by atoms with Crippen LogP contribution in [-0.4, -0.2) is 0 Å². The van der Waals surface area contributed by atoms with Crippen molar-refractivity contribution >= 4 is 0 Å². The first-order chi connectivity index (χ1) is 8.43. The second kappa shape index (κ2) is 4.50. The Bertz CT molecular complexity index is 576. The van der Waals surface area contributed by atoms with Crippen molar-refractivity contribution in [3.8, 4) is 0 Å². The summed E-state index contributed by atoms with van der Waals surface area (Å²) in [5.41, 5.74) is 6.95. The van der Waals surface area contributed by atoms with Crippen molar-refractivity contribution in [2.24, 2.45) is 5.73 Å². The standard InChI is InChI=1S/C15H15F2N/c1-10-7-8-11(16)9-13(10)15(2,18)12-5-3-4-6-14(12)17/h3-9H,18H2,1-2H3. The lowest BCUT2D eigenvalue weighted by atomic mass is 9.83. The van der Waals surface area contributed by atoms with Gasteiger partial charge >= 0.3 is 0 Å². The molecule has 1 atom stereocenters. The predicted molar refractivity (Wildman–Crippen MR) is 68.2 cm³/mol. The number of benzene rings is 2. The molecule has 0 fully saturated rings. The molecule has 0 aromatic heterocycles. The maximum absolute atomic E-state index is 13.8. The van der Waals surface area contributed by atoms with Gasteiger partial charge in [0.15, 0.2) is 0 Å². The zero-order chi connectivity index (χ0) is 13.3. The number of nitrogens with two attached hydrogens (primary N) is 1. The molecular weight excluding hydrogens is 232 g/mol. The van der Waals surface area contributed by atoms with E-state index in [2.05, 4.69) is 0 Å². The molecule has 0 aliphatic carbocycles.